The predicted molar refractivity (Wildman–Crippen MR) is 69.7 cm³/mol. The maximum Gasteiger partial charge on any atom is 0.416 e. The molecule has 1 aromatic carbocycles. The number of H-pyrrole nitrogens is 1. The molecule has 0 saturated carbocycles. The van der Waals surface area contributed by atoms with Gasteiger partial charge in [-0.15, -0.1) is 0 Å². The van der Waals surface area contributed by atoms with Crippen molar-refractivity contribution in [2.75, 3.05) is 0 Å². The maximum atomic E-state index is 12.8. The van der Waals surface area contributed by atoms with Crippen LogP contribution in [0.15, 0.2) is 18.2 Å². The standard InChI is InChI=1S/C15H14F3NO/c1-14(2)6-11-13(12(20)7-14)9-5-8(15(16,17)18)3-4-10(9)19-11/h3-5,19H,6-7H2,1-2H3. The summed E-state index contributed by atoms with van der Waals surface area (Å²) < 4.78 is 38.3. The second-order valence-corrected chi connectivity index (χ2v) is 6.18. The molecular weight excluding hydrogens is 267 g/mol. The molecular formula is C15H14F3NO. The van der Waals surface area contributed by atoms with Crippen molar-refractivity contribution in [3.8, 4) is 0 Å². The second-order valence-electron chi connectivity index (χ2n) is 6.18. The number of hydrogen-bond donors (Lipinski definition) is 1. The van der Waals surface area contributed by atoms with Gasteiger partial charge in [-0.05, 0) is 30.0 Å². The molecule has 1 heterocycles. The zero-order chi connectivity index (χ0) is 14.7. The van der Waals surface area contributed by atoms with E-state index in [0.717, 1.165) is 17.8 Å². The van der Waals surface area contributed by atoms with Crippen LogP contribution in [0.25, 0.3) is 10.9 Å². The molecule has 5 heteroatoms. The quantitative estimate of drug-likeness (QED) is 0.765. The molecule has 3 rings (SSSR count). The summed E-state index contributed by atoms with van der Waals surface area (Å²) in [5.74, 6) is -0.0816. The van der Waals surface area contributed by atoms with Gasteiger partial charge in [0.25, 0.3) is 0 Å². The molecule has 0 bridgehead atoms. The fraction of sp³-hybridized carbons (Fsp3) is 0.400. The molecule has 1 N–H and O–H groups in total. The second kappa shape index (κ2) is 3.87. The predicted octanol–water partition coefficient (Wildman–Crippen LogP) is 4.34. The van der Waals surface area contributed by atoms with Crippen LogP contribution in [0.1, 0.15) is 41.9 Å². The number of carbonyl (C=O) groups excluding carboxylic acids is 1. The van der Waals surface area contributed by atoms with Crippen LogP contribution in [0.4, 0.5) is 13.2 Å². The van der Waals surface area contributed by atoms with E-state index in [1.165, 1.54) is 6.07 Å². The first-order chi connectivity index (χ1) is 9.17. The molecule has 106 valence electrons. The molecule has 0 unspecified atom stereocenters. The van der Waals surface area contributed by atoms with E-state index in [4.69, 9.17) is 0 Å². The summed E-state index contributed by atoms with van der Waals surface area (Å²) in [7, 11) is 0. The minimum Gasteiger partial charge on any atom is -0.358 e. The van der Waals surface area contributed by atoms with Gasteiger partial charge < -0.3 is 4.98 Å². The molecule has 0 saturated heterocycles. The molecule has 1 aromatic heterocycles. The van der Waals surface area contributed by atoms with E-state index in [2.05, 4.69) is 4.98 Å². The normalized spacial score (nSPS) is 18.4. The van der Waals surface area contributed by atoms with Gasteiger partial charge in [-0.3, -0.25) is 4.79 Å². The maximum absolute atomic E-state index is 12.8. The van der Waals surface area contributed by atoms with Crippen molar-refractivity contribution in [3.05, 3.63) is 35.0 Å². The van der Waals surface area contributed by atoms with Crippen LogP contribution in [-0.4, -0.2) is 10.8 Å². The first-order valence-corrected chi connectivity index (χ1v) is 6.42. The molecule has 1 aliphatic rings. The monoisotopic (exact) mass is 281 g/mol. The molecule has 2 nitrogen and oxygen atoms in total. The van der Waals surface area contributed by atoms with E-state index in [-0.39, 0.29) is 11.2 Å². The van der Waals surface area contributed by atoms with Gasteiger partial charge >= 0.3 is 6.18 Å². The smallest absolute Gasteiger partial charge is 0.358 e. The first kappa shape index (κ1) is 13.2. The lowest BCUT2D eigenvalue weighted by molar-refractivity contribution is -0.137. The lowest BCUT2D eigenvalue weighted by Gasteiger charge is -2.28. The number of aromatic amines is 1. The number of Topliss-reactive ketones (excluding diaryl/α,β-unsaturated/α-hetero) is 1. The van der Waals surface area contributed by atoms with Crippen LogP contribution in [0.3, 0.4) is 0 Å². The van der Waals surface area contributed by atoms with Crippen LogP contribution in [-0.2, 0) is 12.6 Å². The van der Waals surface area contributed by atoms with Gasteiger partial charge in [0.05, 0.1) is 5.56 Å². The van der Waals surface area contributed by atoms with Crippen LogP contribution < -0.4 is 0 Å². The highest BCUT2D eigenvalue weighted by molar-refractivity contribution is 6.10. The summed E-state index contributed by atoms with van der Waals surface area (Å²) in [6.07, 6.45) is -3.36. The highest BCUT2D eigenvalue weighted by atomic mass is 19.4. The van der Waals surface area contributed by atoms with Gasteiger partial charge in [-0.2, -0.15) is 13.2 Å². The van der Waals surface area contributed by atoms with E-state index in [1.54, 1.807) is 0 Å². The number of benzene rings is 1. The number of nitrogens with one attached hydrogen (secondary N) is 1. The summed E-state index contributed by atoms with van der Waals surface area (Å²) in [5, 5.41) is 0.385. The third-order valence-electron chi connectivity index (χ3n) is 3.78. The van der Waals surface area contributed by atoms with Crippen LogP contribution in [0.2, 0.25) is 0 Å². The molecule has 20 heavy (non-hydrogen) atoms. The van der Waals surface area contributed by atoms with Crippen molar-refractivity contribution < 1.29 is 18.0 Å². The van der Waals surface area contributed by atoms with E-state index in [9.17, 15) is 18.0 Å². The summed E-state index contributed by atoms with van der Waals surface area (Å²) in [6, 6.07) is 3.51. The van der Waals surface area contributed by atoms with E-state index >= 15 is 0 Å². The summed E-state index contributed by atoms with van der Waals surface area (Å²) in [6.45, 7) is 3.97. The molecule has 0 atom stereocenters. The fourth-order valence-electron chi connectivity index (χ4n) is 2.94. The molecule has 0 radical (unpaired) electrons. The molecule has 0 aliphatic heterocycles. The Labute approximate surface area is 114 Å². The van der Waals surface area contributed by atoms with Crippen molar-refractivity contribution >= 4 is 16.7 Å². The van der Waals surface area contributed by atoms with Crippen molar-refractivity contribution in [1.82, 2.24) is 4.98 Å². The van der Waals surface area contributed by atoms with Crippen LogP contribution in [0, 0.1) is 5.41 Å². The topological polar surface area (TPSA) is 32.9 Å². The fourth-order valence-corrected chi connectivity index (χ4v) is 2.94. The van der Waals surface area contributed by atoms with Crippen molar-refractivity contribution in [3.63, 3.8) is 0 Å². The van der Waals surface area contributed by atoms with E-state index in [0.29, 0.717) is 29.3 Å². The average molecular weight is 281 g/mol. The zero-order valence-electron chi connectivity index (χ0n) is 11.2. The van der Waals surface area contributed by atoms with Gasteiger partial charge in [-0.25, -0.2) is 0 Å². The van der Waals surface area contributed by atoms with Crippen molar-refractivity contribution in [1.29, 1.82) is 0 Å². The van der Waals surface area contributed by atoms with Gasteiger partial charge in [0.1, 0.15) is 0 Å². The Morgan fingerprint density at radius 2 is 1.90 bits per heavy atom. The Bertz CT molecular complexity index is 710. The van der Waals surface area contributed by atoms with Gasteiger partial charge in [0.2, 0.25) is 0 Å². The van der Waals surface area contributed by atoms with Crippen molar-refractivity contribution in [2.24, 2.45) is 5.41 Å². The number of halogens is 3. The largest absolute Gasteiger partial charge is 0.416 e. The number of fused-ring (bicyclic) bond motifs is 3. The summed E-state index contributed by atoms with van der Waals surface area (Å²) in [4.78, 5) is 15.3. The molecule has 1 aliphatic carbocycles. The lowest BCUT2D eigenvalue weighted by atomic mass is 9.76. The summed E-state index contributed by atoms with van der Waals surface area (Å²) >= 11 is 0. The lowest BCUT2D eigenvalue weighted by Crippen LogP contribution is -2.26. The van der Waals surface area contributed by atoms with Crippen LogP contribution in [0.5, 0.6) is 0 Å². The van der Waals surface area contributed by atoms with Crippen LogP contribution >= 0.6 is 0 Å². The van der Waals surface area contributed by atoms with Gasteiger partial charge in [0, 0.05) is 28.6 Å². The third-order valence-corrected chi connectivity index (χ3v) is 3.78. The molecule has 0 amide bonds. The Kier molecular flexibility index (Phi) is 2.56. The number of aromatic nitrogens is 1. The minimum absolute atomic E-state index is 0.0816. The SMILES string of the molecule is CC1(C)CC(=O)c2c([nH]c3ccc(C(F)(F)F)cc23)C1. The minimum atomic E-state index is -4.39. The Morgan fingerprint density at radius 3 is 2.55 bits per heavy atom. The first-order valence-electron chi connectivity index (χ1n) is 6.42. The van der Waals surface area contributed by atoms with Gasteiger partial charge in [-0.1, -0.05) is 13.8 Å². The highest BCUT2D eigenvalue weighted by Gasteiger charge is 2.35. The highest BCUT2D eigenvalue weighted by Crippen LogP contribution is 2.39. The van der Waals surface area contributed by atoms with Gasteiger partial charge in [0.15, 0.2) is 5.78 Å². The number of carbonyl (C=O) groups is 1. The van der Waals surface area contributed by atoms with Crippen molar-refractivity contribution in [2.45, 2.75) is 32.9 Å². The third kappa shape index (κ3) is 2.01. The van der Waals surface area contributed by atoms with E-state index in [1.807, 2.05) is 13.8 Å². The zero-order valence-corrected chi connectivity index (χ0v) is 11.2. The Balaban J connectivity index is 2.23. The number of alkyl halides is 3. The number of rotatable bonds is 0. The Morgan fingerprint density at radius 1 is 1.20 bits per heavy atom. The van der Waals surface area contributed by atoms with E-state index < -0.39 is 11.7 Å². The summed E-state index contributed by atoms with van der Waals surface area (Å²) in [5.41, 5.74) is 0.905. The number of ketones is 1. The molecule has 2 aromatic rings. The Hall–Kier alpha value is -1.78. The average Bonchev–Trinajstić information content (AvgIpc) is 2.62. The number of hydrogen-bond acceptors (Lipinski definition) is 1. The molecule has 0 fully saturated rings. The molecule has 0 spiro atoms.